The number of allylic oxidation sites excluding steroid dienone is 1. The van der Waals surface area contributed by atoms with Gasteiger partial charge in [-0.2, -0.15) is 0 Å². The normalized spacial score (nSPS) is 12.1. The van der Waals surface area contributed by atoms with Crippen LogP contribution >= 0.6 is 11.6 Å². The van der Waals surface area contributed by atoms with Crippen molar-refractivity contribution in [2.24, 2.45) is 5.73 Å². The smallest absolute Gasteiger partial charge is 0.124 e. The molecule has 1 rings (SSSR count). The Bertz CT molecular complexity index is 382. The van der Waals surface area contributed by atoms with Gasteiger partial charge in [-0.05, 0) is 45.0 Å². The van der Waals surface area contributed by atoms with E-state index in [9.17, 15) is 0 Å². The third-order valence-electron chi connectivity index (χ3n) is 2.19. The van der Waals surface area contributed by atoms with E-state index >= 15 is 0 Å². The van der Waals surface area contributed by atoms with Crippen molar-refractivity contribution >= 4 is 11.6 Å². The zero-order valence-corrected chi connectivity index (χ0v) is 10.7. The van der Waals surface area contributed by atoms with Crippen LogP contribution < -0.4 is 10.5 Å². The van der Waals surface area contributed by atoms with Gasteiger partial charge >= 0.3 is 0 Å². The van der Waals surface area contributed by atoms with E-state index in [0.29, 0.717) is 11.6 Å². The molecule has 16 heavy (non-hydrogen) atoms. The number of ether oxygens (including phenoxy) is 1. The fourth-order valence-electron chi connectivity index (χ4n) is 1.30. The molecule has 0 aromatic heterocycles. The van der Waals surface area contributed by atoms with E-state index < -0.39 is 0 Å². The molecular formula is C13H18ClNO. The van der Waals surface area contributed by atoms with Gasteiger partial charge in [0.05, 0.1) is 0 Å². The van der Waals surface area contributed by atoms with E-state index in [4.69, 9.17) is 22.1 Å². The van der Waals surface area contributed by atoms with E-state index in [2.05, 4.69) is 0 Å². The summed E-state index contributed by atoms with van der Waals surface area (Å²) in [6.45, 7) is 6.55. The van der Waals surface area contributed by atoms with Gasteiger partial charge in [0, 0.05) is 16.6 Å². The fraction of sp³-hybridized carbons (Fsp3) is 0.385. The number of rotatable bonds is 4. The third kappa shape index (κ3) is 3.87. The summed E-state index contributed by atoms with van der Waals surface area (Å²) in [5, 5.41) is 0.682. The lowest BCUT2D eigenvalue weighted by Gasteiger charge is -2.13. The number of halogens is 1. The SMILES string of the molecule is CC(C)=CCOc1ccc(Cl)cc1C(C)N. The second-order valence-corrected chi connectivity index (χ2v) is 4.50. The number of nitrogens with two attached hydrogens (primary N) is 1. The van der Waals surface area contributed by atoms with Gasteiger partial charge in [-0.1, -0.05) is 17.2 Å². The van der Waals surface area contributed by atoms with Crippen LogP contribution in [0.25, 0.3) is 0 Å². The average Bonchev–Trinajstić information content (AvgIpc) is 2.19. The monoisotopic (exact) mass is 239 g/mol. The van der Waals surface area contributed by atoms with Crippen LogP contribution in [0.3, 0.4) is 0 Å². The van der Waals surface area contributed by atoms with E-state index in [0.717, 1.165) is 11.3 Å². The molecular weight excluding hydrogens is 222 g/mol. The van der Waals surface area contributed by atoms with Crippen molar-refractivity contribution in [3.63, 3.8) is 0 Å². The van der Waals surface area contributed by atoms with Crippen LogP contribution in [0.4, 0.5) is 0 Å². The Hall–Kier alpha value is -0.990. The molecule has 1 unspecified atom stereocenters. The third-order valence-corrected chi connectivity index (χ3v) is 2.43. The second kappa shape index (κ2) is 5.92. The predicted molar refractivity (Wildman–Crippen MR) is 69.0 cm³/mol. The summed E-state index contributed by atoms with van der Waals surface area (Å²) in [5.41, 5.74) is 8.03. The lowest BCUT2D eigenvalue weighted by atomic mass is 10.1. The molecule has 0 bridgehead atoms. The first kappa shape index (κ1) is 13.1. The Morgan fingerprint density at radius 3 is 2.75 bits per heavy atom. The van der Waals surface area contributed by atoms with E-state index in [1.165, 1.54) is 5.57 Å². The number of hydrogen-bond donors (Lipinski definition) is 1. The van der Waals surface area contributed by atoms with Crippen LogP contribution in [-0.2, 0) is 0 Å². The highest BCUT2D eigenvalue weighted by molar-refractivity contribution is 6.30. The number of hydrogen-bond acceptors (Lipinski definition) is 2. The Labute approximate surface area is 102 Å². The minimum Gasteiger partial charge on any atom is -0.489 e. The maximum atomic E-state index is 5.92. The van der Waals surface area contributed by atoms with Gasteiger partial charge in [0.1, 0.15) is 12.4 Å². The summed E-state index contributed by atoms with van der Waals surface area (Å²) in [5.74, 6) is 0.803. The van der Waals surface area contributed by atoms with E-state index in [1.54, 1.807) is 0 Å². The largest absolute Gasteiger partial charge is 0.489 e. The lowest BCUT2D eigenvalue weighted by Crippen LogP contribution is -2.08. The average molecular weight is 240 g/mol. The zero-order chi connectivity index (χ0) is 12.1. The molecule has 1 atom stereocenters. The maximum absolute atomic E-state index is 5.92. The summed E-state index contributed by atoms with van der Waals surface area (Å²) in [6, 6.07) is 5.44. The summed E-state index contributed by atoms with van der Waals surface area (Å²) in [6.07, 6.45) is 2.03. The first-order valence-corrected chi connectivity index (χ1v) is 5.69. The molecule has 0 aliphatic heterocycles. The maximum Gasteiger partial charge on any atom is 0.124 e. The molecule has 0 spiro atoms. The molecule has 1 aromatic carbocycles. The van der Waals surface area contributed by atoms with Crippen molar-refractivity contribution in [3.8, 4) is 5.75 Å². The van der Waals surface area contributed by atoms with Gasteiger partial charge in [-0.3, -0.25) is 0 Å². The molecule has 0 radical (unpaired) electrons. The topological polar surface area (TPSA) is 35.2 Å². The highest BCUT2D eigenvalue weighted by Crippen LogP contribution is 2.27. The first-order chi connectivity index (χ1) is 7.50. The summed E-state index contributed by atoms with van der Waals surface area (Å²) in [7, 11) is 0. The summed E-state index contributed by atoms with van der Waals surface area (Å²) < 4.78 is 5.65. The molecule has 0 amide bonds. The van der Waals surface area contributed by atoms with Crippen LogP contribution in [0.15, 0.2) is 29.8 Å². The minimum absolute atomic E-state index is 0.0830. The zero-order valence-electron chi connectivity index (χ0n) is 9.96. The Morgan fingerprint density at radius 1 is 1.50 bits per heavy atom. The lowest BCUT2D eigenvalue weighted by molar-refractivity contribution is 0.356. The van der Waals surface area contributed by atoms with Crippen molar-refractivity contribution in [3.05, 3.63) is 40.4 Å². The van der Waals surface area contributed by atoms with Crippen molar-refractivity contribution in [2.45, 2.75) is 26.8 Å². The van der Waals surface area contributed by atoms with Crippen molar-refractivity contribution in [1.82, 2.24) is 0 Å². The molecule has 0 aliphatic rings. The summed E-state index contributed by atoms with van der Waals surface area (Å²) >= 11 is 5.92. The first-order valence-electron chi connectivity index (χ1n) is 5.32. The van der Waals surface area contributed by atoms with Crippen LogP contribution in [0.5, 0.6) is 5.75 Å². The molecule has 88 valence electrons. The van der Waals surface area contributed by atoms with Gasteiger partial charge in [0.15, 0.2) is 0 Å². The molecule has 0 aliphatic carbocycles. The Morgan fingerprint density at radius 2 is 2.19 bits per heavy atom. The van der Waals surface area contributed by atoms with Crippen molar-refractivity contribution in [2.75, 3.05) is 6.61 Å². The van der Waals surface area contributed by atoms with Gasteiger partial charge < -0.3 is 10.5 Å². The molecule has 0 saturated carbocycles. The van der Waals surface area contributed by atoms with Gasteiger partial charge in [0.25, 0.3) is 0 Å². The van der Waals surface area contributed by atoms with Gasteiger partial charge in [-0.15, -0.1) is 0 Å². The molecule has 2 N–H and O–H groups in total. The molecule has 3 heteroatoms. The van der Waals surface area contributed by atoms with Crippen LogP contribution in [0.2, 0.25) is 5.02 Å². The summed E-state index contributed by atoms with van der Waals surface area (Å²) in [4.78, 5) is 0. The van der Waals surface area contributed by atoms with Crippen LogP contribution in [0.1, 0.15) is 32.4 Å². The Balaban J connectivity index is 2.82. The standard InChI is InChI=1S/C13H18ClNO/c1-9(2)6-7-16-13-5-4-11(14)8-12(13)10(3)15/h4-6,8,10H,7,15H2,1-3H3. The van der Waals surface area contributed by atoms with Gasteiger partial charge in [-0.25, -0.2) is 0 Å². The number of benzene rings is 1. The second-order valence-electron chi connectivity index (χ2n) is 4.06. The van der Waals surface area contributed by atoms with Crippen molar-refractivity contribution < 1.29 is 4.74 Å². The van der Waals surface area contributed by atoms with Gasteiger partial charge in [0.2, 0.25) is 0 Å². The Kier molecular flexibility index (Phi) is 4.84. The highest BCUT2D eigenvalue weighted by atomic mass is 35.5. The quantitative estimate of drug-likeness (QED) is 0.813. The molecule has 0 saturated heterocycles. The molecule has 2 nitrogen and oxygen atoms in total. The molecule has 1 aromatic rings. The highest BCUT2D eigenvalue weighted by Gasteiger charge is 2.08. The predicted octanol–water partition coefficient (Wildman–Crippen LogP) is 3.70. The van der Waals surface area contributed by atoms with E-state index in [-0.39, 0.29) is 6.04 Å². The fourth-order valence-corrected chi connectivity index (χ4v) is 1.49. The van der Waals surface area contributed by atoms with Crippen molar-refractivity contribution in [1.29, 1.82) is 0 Å². The minimum atomic E-state index is -0.0830. The van der Waals surface area contributed by atoms with Crippen LogP contribution in [0, 0.1) is 0 Å². The van der Waals surface area contributed by atoms with E-state index in [1.807, 2.05) is 45.0 Å². The molecule has 0 fully saturated rings. The molecule has 0 heterocycles. The van der Waals surface area contributed by atoms with Crippen LogP contribution in [-0.4, -0.2) is 6.61 Å².